The second-order valence-electron chi connectivity index (χ2n) is 7.76. The minimum Gasteiger partial charge on any atom is -0.489 e. The van der Waals surface area contributed by atoms with Crippen molar-refractivity contribution in [3.05, 3.63) is 83.0 Å². The highest BCUT2D eigenvalue weighted by Crippen LogP contribution is 2.35. The van der Waals surface area contributed by atoms with Crippen LogP contribution >= 0.6 is 24.0 Å². The van der Waals surface area contributed by atoms with Gasteiger partial charge >= 0.3 is 5.97 Å². The van der Waals surface area contributed by atoms with Crippen molar-refractivity contribution in [2.24, 2.45) is 0 Å². The van der Waals surface area contributed by atoms with Gasteiger partial charge in [-0.05, 0) is 35.9 Å². The Morgan fingerprint density at radius 2 is 1.89 bits per heavy atom. The van der Waals surface area contributed by atoms with E-state index < -0.39 is 5.97 Å². The van der Waals surface area contributed by atoms with Crippen LogP contribution in [0.5, 0.6) is 5.75 Å². The Balaban J connectivity index is 1.30. The van der Waals surface area contributed by atoms with E-state index in [1.807, 2.05) is 54.6 Å². The fourth-order valence-electron chi connectivity index (χ4n) is 3.56. The van der Waals surface area contributed by atoms with Gasteiger partial charge in [-0.15, -0.1) is 0 Å². The number of thiocarbonyl (C=S) groups is 1. The molecule has 9 heteroatoms. The average Bonchev–Trinajstić information content (AvgIpc) is 3.55. The lowest BCUT2D eigenvalue weighted by molar-refractivity contribution is -0.137. The lowest BCUT2D eigenvalue weighted by atomic mass is 10.2. The highest BCUT2D eigenvalue weighted by Gasteiger charge is 2.32. The fourth-order valence-corrected chi connectivity index (χ4v) is 4.84. The van der Waals surface area contributed by atoms with Gasteiger partial charge in [-0.3, -0.25) is 14.5 Å². The highest BCUT2D eigenvalue weighted by molar-refractivity contribution is 8.26. The molecule has 2 aromatic heterocycles. The van der Waals surface area contributed by atoms with Crippen LogP contribution in [0.15, 0.2) is 80.5 Å². The number of hydrogen-bond donors (Lipinski definition) is 1. The van der Waals surface area contributed by atoms with Gasteiger partial charge < -0.3 is 18.7 Å². The van der Waals surface area contributed by atoms with Crippen molar-refractivity contribution in [3.63, 3.8) is 0 Å². The SMILES string of the molecule is O=C(O)CCN1C(=O)/C(=C\c2ccc(-c3cc4ccc(OCc5ccccc5)cc4o3)o2)SC1=S. The molecule has 0 saturated carbocycles. The van der Waals surface area contributed by atoms with Crippen LogP contribution < -0.4 is 4.74 Å². The first-order chi connectivity index (χ1) is 17.0. The standard InChI is InChI=1S/C26H19NO6S2/c28-24(29)10-11-27-25(30)23(35-26(27)34)14-19-8-9-20(32-19)22-12-17-6-7-18(13-21(17)33-22)31-15-16-4-2-1-3-5-16/h1-9,12-14H,10-11,15H2,(H,28,29)/b23-14+. The van der Waals surface area contributed by atoms with E-state index in [0.29, 0.717) is 44.4 Å². The zero-order valence-corrected chi connectivity index (χ0v) is 19.9. The zero-order chi connectivity index (χ0) is 24.4. The summed E-state index contributed by atoms with van der Waals surface area (Å²) in [7, 11) is 0. The quantitative estimate of drug-likeness (QED) is 0.232. The number of carboxylic acids is 1. The number of carboxylic acid groups (broad SMARTS) is 1. The third-order valence-electron chi connectivity index (χ3n) is 5.31. The number of carbonyl (C=O) groups excluding carboxylic acids is 1. The molecule has 35 heavy (non-hydrogen) atoms. The molecule has 0 spiro atoms. The predicted molar refractivity (Wildman–Crippen MR) is 137 cm³/mol. The van der Waals surface area contributed by atoms with Crippen LogP contribution in [0.25, 0.3) is 28.6 Å². The minimum absolute atomic E-state index is 0.0385. The maximum absolute atomic E-state index is 12.6. The van der Waals surface area contributed by atoms with Gasteiger partial charge in [0.2, 0.25) is 0 Å². The van der Waals surface area contributed by atoms with Crippen molar-refractivity contribution >= 4 is 57.2 Å². The van der Waals surface area contributed by atoms with Crippen molar-refractivity contribution in [1.82, 2.24) is 4.90 Å². The Bertz CT molecular complexity index is 1450. The molecule has 0 unspecified atom stereocenters. The van der Waals surface area contributed by atoms with Crippen LogP contribution in [-0.4, -0.2) is 32.7 Å². The number of hydrogen-bond acceptors (Lipinski definition) is 7. The van der Waals surface area contributed by atoms with Gasteiger partial charge in [-0.1, -0.05) is 54.3 Å². The molecule has 1 fully saturated rings. The summed E-state index contributed by atoms with van der Waals surface area (Å²) in [4.78, 5) is 25.1. The van der Waals surface area contributed by atoms with Crippen molar-refractivity contribution in [1.29, 1.82) is 0 Å². The summed E-state index contributed by atoms with van der Waals surface area (Å²) < 4.78 is 18.1. The van der Waals surface area contributed by atoms with Crippen LogP contribution in [0.1, 0.15) is 17.7 Å². The van der Waals surface area contributed by atoms with E-state index in [1.165, 1.54) is 4.90 Å². The summed E-state index contributed by atoms with van der Waals surface area (Å²) in [6.45, 7) is 0.501. The van der Waals surface area contributed by atoms with Crippen LogP contribution in [0, 0.1) is 0 Å². The summed E-state index contributed by atoms with van der Waals surface area (Å²) in [6.07, 6.45) is 1.43. The molecule has 1 N–H and O–H groups in total. The van der Waals surface area contributed by atoms with Gasteiger partial charge in [0, 0.05) is 24.1 Å². The van der Waals surface area contributed by atoms with E-state index in [0.717, 1.165) is 22.7 Å². The van der Waals surface area contributed by atoms with E-state index in [4.69, 9.17) is 30.9 Å². The molecule has 1 aliphatic rings. The normalized spacial score (nSPS) is 14.9. The maximum atomic E-state index is 12.6. The lowest BCUT2D eigenvalue weighted by Gasteiger charge is -2.12. The fraction of sp³-hybridized carbons (Fsp3) is 0.115. The topological polar surface area (TPSA) is 93.1 Å². The van der Waals surface area contributed by atoms with Gasteiger partial charge in [-0.25, -0.2) is 0 Å². The average molecular weight is 506 g/mol. The highest BCUT2D eigenvalue weighted by atomic mass is 32.2. The number of aliphatic carboxylic acids is 1. The van der Waals surface area contributed by atoms with Crippen molar-refractivity contribution in [2.45, 2.75) is 13.0 Å². The Hall–Kier alpha value is -3.82. The van der Waals surface area contributed by atoms with E-state index in [9.17, 15) is 9.59 Å². The summed E-state index contributed by atoms with van der Waals surface area (Å²) >= 11 is 6.34. The lowest BCUT2D eigenvalue weighted by Crippen LogP contribution is -2.30. The molecule has 5 rings (SSSR count). The largest absolute Gasteiger partial charge is 0.489 e. The molecule has 0 radical (unpaired) electrons. The third kappa shape index (κ3) is 5.16. The number of amides is 1. The van der Waals surface area contributed by atoms with Gasteiger partial charge in [0.05, 0.1) is 11.3 Å². The van der Waals surface area contributed by atoms with E-state index in [-0.39, 0.29) is 18.9 Å². The number of nitrogens with zero attached hydrogens (tertiary/aromatic N) is 1. The van der Waals surface area contributed by atoms with Crippen LogP contribution in [0.2, 0.25) is 0 Å². The molecule has 0 atom stereocenters. The first-order valence-corrected chi connectivity index (χ1v) is 12.0. The number of thioether (sulfide) groups is 1. The molecule has 4 aromatic rings. The Labute approximate surface area is 210 Å². The second kappa shape index (κ2) is 9.81. The van der Waals surface area contributed by atoms with Crippen molar-refractivity contribution < 1.29 is 28.3 Å². The van der Waals surface area contributed by atoms with Crippen LogP contribution in [-0.2, 0) is 16.2 Å². The second-order valence-corrected chi connectivity index (χ2v) is 9.44. The summed E-state index contributed by atoms with van der Waals surface area (Å²) in [5.74, 6) is 0.915. The molecule has 0 bridgehead atoms. The molecule has 2 aromatic carbocycles. The van der Waals surface area contributed by atoms with E-state index in [1.54, 1.807) is 18.2 Å². The number of furan rings is 2. The van der Waals surface area contributed by atoms with Crippen LogP contribution in [0.4, 0.5) is 0 Å². The Kier molecular flexibility index (Phi) is 6.43. The van der Waals surface area contributed by atoms with Gasteiger partial charge in [0.15, 0.2) is 11.5 Å². The molecule has 1 amide bonds. The monoisotopic (exact) mass is 505 g/mol. The number of carbonyl (C=O) groups is 2. The molecule has 3 heterocycles. The van der Waals surface area contributed by atoms with E-state index in [2.05, 4.69) is 0 Å². The molecule has 7 nitrogen and oxygen atoms in total. The number of benzene rings is 2. The molecular weight excluding hydrogens is 486 g/mol. The number of fused-ring (bicyclic) bond motifs is 1. The first kappa shape index (κ1) is 22.9. The summed E-state index contributed by atoms with van der Waals surface area (Å²) in [5, 5.41) is 9.77. The third-order valence-corrected chi connectivity index (χ3v) is 6.68. The van der Waals surface area contributed by atoms with Gasteiger partial charge in [0.1, 0.15) is 28.0 Å². The number of rotatable bonds is 8. The number of ether oxygens (including phenoxy) is 1. The molecule has 176 valence electrons. The minimum atomic E-state index is -0.987. The van der Waals surface area contributed by atoms with Crippen molar-refractivity contribution in [2.75, 3.05) is 6.54 Å². The van der Waals surface area contributed by atoms with Gasteiger partial charge in [-0.2, -0.15) is 0 Å². The molecule has 1 aliphatic heterocycles. The maximum Gasteiger partial charge on any atom is 0.305 e. The van der Waals surface area contributed by atoms with E-state index >= 15 is 0 Å². The zero-order valence-electron chi connectivity index (χ0n) is 18.3. The van der Waals surface area contributed by atoms with Gasteiger partial charge in [0.25, 0.3) is 5.91 Å². The summed E-state index contributed by atoms with van der Waals surface area (Å²) in [5.41, 5.74) is 1.75. The molecule has 0 aliphatic carbocycles. The summed E-state index contributed by atoms with van der Waals surface area (Å²) in [6, 6.07) is 21.0. The predicted octanol–water partition coefficient (Wildman–Crippen LogP) is 5.95. The van der Waals surface area contributed by atoms with Crippen molar-refractivity contribution in [3.8, 4) is 17.3 Å². The molecule has 1 saturated heterocycles. The Morgan fingerprint density at radius 3 is 2.69 bits per heavy atom. The molecular formula is C26H19NO6S2. The first-order valence-electron chi connectivity index (χ1n) is 10.7. The van der Waals surface area contributed by atoms with Crippen LogP contribution in [0.3, 0.4) is 0 Å². The Morgan fingerprint density at radius 1 is 1.06 bits per heavy atom. The smallest absolute Gasteiger partial charge is 0.305 e.